The molecule has 1 aromatic heterocycles. The van der Waals surface area contributed by atoms with Crippen molar-refractivity contribution in [1.29, 1.82) is 0 Å². The first-order valence-electron chi connectivity index (χ1n) is 7.59. The standard InChI is InChI=1S/C18H23NO2/c1-5-15-14(8-9-20-15)17(19-4)12-6-7-16-13(10-12)11-18(2,3)21-16/h6-10,17,19H,5,11H2,1-4H3. The summed E-state index contributed by atoms with van der Waals surface area (Å²) in [5.74, 6) is 2.06. The van der Waals surface area contributed by atoms with Gasteiger partial charge in [0.15, 0.2) is 0 Å². The highest BCUT2D eigenvalue weighted by atomic mass is 16.5. The van der Waals surface area contributed by atoms with Crippen molar-refractivity contribution >= 4 is 0 Å². The van der Waals surface area contributed by atoms with E-state index in [-0.39, 0.29) is 11.6 Å². The molecule has 0 saturated carbocycles. The van der Waals surface area contributed by atoms with Crippen LogP contribution in [0.1, 0.15) is 49.3 Å². The van der Waals surface area contributed by atoms with Crippen LogP contribution in [0.25, 0.3) is 0 Å². The zero-order valence-electron chi connectivity index (χ0n) is 13.2. The summed E-state index contributed by atoms with van der Waals surface area (Å²) >= 11 is 0. The van der Waals surface area contributed by atoms with Gasteiger partial charge < -0.3 is 14.5 Å². The van der Waals surface area contributed by atoms with E-state index in [0.717, 1.165) is 24.4 Å². The topological polar surface area (TPSA) is 34.4 Å². The third-order valence-electron chi connectivity index (χ3n) is 4.12. The highest BCUT2D eigenvalue weighted by molar-refractivity contribution is 5.45. The molecule has 0 spiro atoms. The molecule has 0 radical (unpaired) electrons. The van der Waals surface area contributed by atoms with E-state index in [9.17, 15) is 0 Å². The SMILES string of the molecule is CCc1occc1C(NC)c1ccc2c(c1)CC(C)(C)O2. The van der Waals surface area contributed by atoms with Crippen LogP contribution in [-0.2, 0) is 12.8 Å². The monoisotopic (exact) mass is 285 g/mol. The zero-order chi connectivity index (χ0) is 15.0. The molecule has 21 heavy (non-hydrogen) atoms. The van der Waals surface area contributed by atoms with E-state index in [1.165, 1.54) is 16.7 Å². The summed E-state index contributed by atoms with van der Waals surface area (Å²) in [4.78, 5) is 0. The number of nitrogens with one attached hydrogen (secondary N) is 1. The van der Waals surface area contributed by atoms with Gasteiger partial charge in [-0.15, -0.1) is 0 Å². The summed E-state index contributed by atoms with van der Waals surface area (Å²) in [7, 11) is 1.99. The lowest BCUT2D eigenvalue weighted by molar-refractivity contribution is 0.138. The van der Waals surface area contributed by atoms with Gasteiger partial charge in [-0.05, 0) is 44.2 Å². The maximum atomic E-state index is 5.96. The minimum Gasteiger partial charge on any atom is -0.487 e. The Kier molecular flexibility index (Phi) is 3.54. The minimum absolute atomic E-state index is 0.0969. The molecular formula is C18H23NO2. The first kappa shape index (κ1) is 14.2. The van der Waals surface area contributed by atoms with E-state index in [0.29, 0.717) is 0 Å². The van der Waals surface area contributed by atoms with Gasteiger partial charge in [0.05, 0.1) is 12.3 Å². The first-order valence-corrected chi connectivity index (χ1v) is 7.59. The summed E-state index contributed by atoms with van der Waals surface area (Å²) in [5.41, 5.74) is 3.67. The van der Waals surface area contributed by atoms with Crippen molar-refractivity contribution in [1.82, 2.24) is 5.32 Å². The quantitative estimate of drug-likeness (QED) is 0.926. The van der Waals surface area contributed by atoms with E-state index < -0.39 is 0 Å². The van der Waals surface area contributed by atoms with Gasteiger partial charge in [-0.1, -0.05) is 19.1 Å². The van der Waals surface area contributed by atoms with Gasteiger partial charge in [-0.3, -0.25) is 0 Å². The summed E-state index contributed by atoms with van der Waals surface area (Å²) in [6, 6.07) is 8.72. The number of fused-ring (bicyclic) bond motifs is 1. The number of ether oxygens (including phenoxy) is 1. The lowest BCUT2D eigenvalue weighted by atomic mass is 9.94. The fourth-order valence-electron chi connectivity index (χ4n) is 3.21. The molecule has 3 rings (SSSR count). The van der Waals surface area contributed by atoms with E-state index in [1.54, 1.807) is 6.26 Å². The fourth-order valence-corrected chi connectivity index (χ4v) is 3.21. The second-order valence-electron chi connectivity index (χ2n) is 6.28. The largest absolute Gasteiger partial charge is 0.487 e. The molecule has 0 amide bonds. The molecule has 0 bridgehead atoms. The second kappa shape index (κ2) is 5.23. The molecule has 0 aliphatic carbocycles. The van der Waals surface area contributed by atoms with Gasteiger partial charge in [0, 0.05) is 18.4 Å². The molecule has 112 valence electrons. The Labute approximate surface area is 126 Å². The lowest BCUT2D eigenvalue weighted by Gasteiger charge is -2.17. The summed E-state index contributed by atoms with van der Waals surface area (Å²) in [6.45, 7) is 6.38. The third-order valence-corrected chi connectivity index (χ3v) is 4.12. The number of aryl methyl sites for hydroxylation is 1. The van der Waals surface area contributed by atoms with Crippen LogP contribution in [0.3, 0.4) is 0 Å². The minimum atomic E-state index is -0.0969. The Morgan fingerprint density at radius 1 is 1.29 bits per heavy atom. The van der Waals surface area contributed by atoms with Crippen LogP contribution in [0.4, 0.5) is 0 Å². The normalized spacial score (nSPS) is 17.3. The van der Waals surface area contributed by atoms with Crippen LogP contribution in [-0.4, -0.2) is 12.6 Å². The summed E-state index contributed by atoms with van der Waals surface area (Å²) < 4.78 is 11.5. The van der Waals surface area contributed by atoms with Crippen molar-refractivity contribution in [3.8, 4) is 5.75 Å². The number of hydrogen-bond donors (Lipinski definition) is 1. The molecule has 3 nitrogen and oxygen atoms in total. The molecule has 1 aromatic carbocycles. The molecule has 0 fully saturated rings. The Bertz CT molecular complexity index is 642. The van der Waals surface area contributed by atoms with E-state index in [1.807, 2.05) is 7.05 Å². The van der Waals surface area contributed by atoms with Crippen molar-refractivity contribution < 1.29 is 9.15 Å². The fraction of sp³-hybridized carbons (Fsp3) is 0.444. The molecule has 2 aromatic rings. The Balaban J connectivity index is 1.97. The smallest absolute Gasteiger partial charge is 0.123 e. The molecule has 1 unspecified atom stereocenters. The van der Waals surface area contributed by atoms with Crippen molar-refractivity contribution in [3.05, 3.63) is 53.0 Å². The third kappa shape index (κ3) is 2.58. The molecule has 1 aliphatic heterocycles. The van der Waals surface area contributed by atoms with Gasteiger partial charge in [0.25, 0.3) is 0 Å². The molecule has 1 atom stereocenters. The van der Waals surface area contributed by atoms with Crippen molar-refractivity contribution in [2.45, 2.75) is 45.3 Å². The number of benzene rings is 1. The van der Waals surface area contributed by atoms with Gasteiger partial charge >= 0.3 is 0 Å². The van der Waals surface area contributed by atoms with Gasteiger partial charge in [0.1, 0.15) is 17.1 Å². The predicted molar refractivity (Wildman–Crippen MR) is 83.8 cm³/mol. The maximum Gasteiger partial charge on any atom is 0.123 e. The average Bonchev–Trinajstić information content (AvgIpc) is 3.01. The Morgan fingerprint density at radius 3 is 2.81 bits per heavy atom. The molecule has 3 heteroatoms. The van der Waals surface area contributed by atoms with Crippen molar-refractivity contribution in [2.75, 3.05) is 7.05 Å². The highest BCUT2D eigenvalue weighted by Gasteiger charge is 2.30. The lowest BCUT2D eigenvalue weighted by Crippen LogP contribution is -2.24. The van der Waals surface area contributed by atoms with Crippen LogP contribution < -0.4 is 10.1 Å². The molecule has 0 saturated heterocycles. The van der Waals surface area contributed by atoms with Crippen LogP contribution in [0.5, 0.6) is 5.75 Å². The second-order valence-corrected chi connectivity index (χ2v) is 6.28. The number of hydrogen-bond acceptors (Lipinski definition) is 3. The Morgan fingerprint density at radius 2 is 2.10 bits per heavy atom. The number of rotatable bonds is 4. The van der Waals surface area contributed by atoms with E-state index >= 15 is 0 Å². The van der Waals surface area contributed by atoms with E-state index in [4.69, 9.17) is 9.15 Å². The van der Waals surface area contributed by atoms with Crippen molar-refractivity contribution in [2.24, 2.45) is 0 Å². The Hall–Kier alpha value is -1.74. The number of furan rings is 1. The molecule has 1 aliphatic rings. The van der Waals surface area contributed by atoms with Gasteiger partial charge in [-0.25, -0.2) is 0 Å². The van der Waals surface area contributed by atoms with Gasteiger partial charge in [0.2, 0.25) is 0 Å². The summed E-state index contributed by atoms with van der Waals surface area (Å²) in [6.07, 6.45) is 3.64. The van der Waals surface area contributed by atoms with Crippen LogP contribution >= 0.6 is 0 Å². The highest BCUT2D eigenvalue weighted by Crippen LogP contribution is 2.37. The predicted octanol–water partition coefficient (Wildman–Crippen LogP) is 3.86. The summed E-state index contributed by atoms with van der Waals surface area (Å²) in [5, 5.41) is 3.41. The van der Waals surface area contributed by atoms with Crippen LogP contribution in [0, 0.1) is 0 Å². The first-order chi connectivity index (χ1) is 10.0. The van der Waals surface area contributed by atoms with Crippen LogP contribution in [0.2, 0.25) is 0 Å². The maximum absolute atomic E-state index is 5.96. The zero-order valence-corrected chi connectivity index (χ0v) is 13.2. The molecule has 1 N–H and O–H groups in total. The average molecular weight is 285 g/mol. The van der Waals surface area contributed by atoms with Crippen molar-refractivity contribution in [3.63, 3.8) is 0 Å². The van der Waals surface area contributed by atoms with E-state index in [2.05, 4.69) is 50.4 Å². The molecule has 2 heterocycles. The molecular weight excluding hydrogens is 262 g/mol. The van der Waals surface area contributed by atoms with Crippen LogP contribution in [0.15, 0.2) is 34.9 Å². The van der Waals surface area contributed by atoms with Gasteiger partial charge in [-0.2, -0.15) is 0 Å².